The second-order valence-electron chi connectivity index (χ2n) is 4.49. The van der Waals surface area contributed by atoms with Crippen molar-refractivity contribution >= 4 is 17.2 Å². The lowest BCUT2D eigenvalue weighted by atomic mass is 10.0. The molecule has 0 aromatic heterocycles. The molecule has 0 aliphatic carbocycles. The highest BCUT2D eigenvalue weighted by Crippen LogP contribution is 2.33. The zero-order valence-corrected chi connectivity index (χ0v) is 12.1. The van der Waals surface area contributed by atoms with Crippen molar-refractivity contribution in [1.29, 1.82) is 0 Å². The molecule has 0 saturated carbocycles. The largest absolute Gasteiger partial charge is 0.493 e. The average Bonchev–Trinajstić information content (AvgIpc) is 2.35. The topological polar surface area (TPSA) is 35.2 Å². The van der Waals surface area contributed by atoms with Gasteiger partial charge < -0.3 is 10.5 Å². The summed E-state index contributed by atoms with van der Waals surface area (Å²) in [6.07, 6.45) is -1.97. The number of benzene rings is 1. The van der Waals surface area contributed by atoms with Crippen LogP contribution in [0.15, 0.2) is 18.2 Å². The maximum absolute atomic E-state index is 12.7. The van der Waals surface area contributed by atoms with Gasteiger partial charge in [-0.2, -0.15) is 13.2 Å². The Labute approximate surface area is 122 Å². The van der Waals surface area contributed by atoms with Gasteiger partial charge in [0.1, 0.15) is 5.75 Å². The molecule has 20 heavy (non-hydrogen) atoms. The van der Waals surface area contributed by atoms with E-state index in [0.717, 1.165) is 18.6 Å². The Kier molecular flexibility index (Phi) is 6.26. The smallest absolute Gasteiger partial charge is 0.416 e. The van der Waals surface area contributed by atoms with Crippen LogP contribution in [-0.2, 0) is 12.6 Å². The van der Waals surface area contributed by atoms with Gasteiger partial charge in [0.25, 0.3) is 0 Å². The normalized spacial score (nSPS) is 11.4. The molecule has 0 bridgehead atoms. The van der Waals surface area contributed by atoms with Crippen molar-refractivity contribution in [3.8, 4) is 5.75 Å². The van der Waals surface area contributed by atoms with Gasteiger partial charge in [0, 0.05) is 0 Å². The van der Waals surface area contributed by atoms with Crippen LogP contribution in [0, 0.1) is 0 Å². The first-order valence-electron chi connectivity index (χ1n) is 6.45. The summed E-state index contributed by atoms with van der Waals surface area (Å²) in [5.41, 5.74) is 5.28. The maximum atomic E-state index is 12.7. The first-order chi connectivity index (χ1) is 9.34. The summed E-state index contributed by atoms with van der Waals surface area (Å²) in [5, 5.41) is 0. The van der Waals surface area contributed by atoms with Crippen molar-refractivity contribution < 1.29 is 17.9 Å². The van der Waals surface area contributed by atoms with E-state index in [-0.39, 0.29) is 0 Å². The van der Waals surface area contributed by atoms with E-state index in [1.54, 1.807) is 0 Å². The molecule has 0 unspecified atom stereocenters. The van der Waals surface area contributed by atoms with Gasteiger partial charge in [-0.25, -0.2) is 0 Å². The summed E-state index contributed by atoms with van der Waals surface area (Å²) in [4.78, 5) is 0.369. The lowest BCUT2D eigenvalue weighted by molar-refractivity contribution is -0.137. The second kappa shape index (κ2) is 7.47. The Hall–Kier alpha value is -1.30. The first-order valence-corrected chi connectivity index (χ1v) is 6.86. The highest BCUT2D eigenvalue weighted by molar-refractivity contribution is 7.80. The molecule has 1 rings (SSSR count). The summed E-state index contributed by atoms with van der Waals surface area (Å²) < 4.78 is 43.6. The monoisotopic (exact) mass is 305 g/mol. The molecule has 0 fully saturated rings. The Morgan fingerprint density at radius 2 is 2.05 bits per heavy atom. The number of nitrogens with two attached hydrogens (primary N) is 1. The summed E-state index contributed by atoms with van der Waals surface area (Å²) >= 11 is 4.77. The zero-order valence-electron chi connectivity index (χ0n) is 11.3. The predicted octanol–water partition coefficient (Wildman–Crippen LogP) is 4.10. The van der Waals surface area contributed by atoms with Gasteiger partial charge in [-0.15, -0.1) is 0 Å². The minimum Gasteiger partial charge on any atom is -0.493 e. The van der Waals surface area contributed by atoms with Gasteiger partial charge in [0.2, 0.25) is 0 Å². The maximum Gasteiger partial charge on any atom is 0.416 e. The molecular weight excluding hydrogens is 287 g/mol. The molecule has 0 aliphatic rings. The van der Waals surface area contributed by atoms with E-state index in [1.165, 1.54) is 6.07 Å². The van der Waals surface area contributed by atoms with E-state index in [0.29, 0.717) is 42.2 Å². The third-order valence-electron chi connectivity index (χ3n) is 2.72. The predicted molar refractivity (Wildman–Crippen MR) is 77.0 cm³/mol. The van der Waals surface area contributed by atoms with Crippen LogP contribution in [-0.4, -0.2) is 11.6 Å². The lowest BCUT2D eigenvalue weighted by Gasteiger charge is -2.14. The van der Waals surface area contributed by atoms with Crippen molar-refractivity contribution in [3.63, 3.8) is 0 Å². The minimum absolute atomic E-state index is 0.369. The third-order valence-corrected chi connectivity index (χ3v) is 2.92. The quantitative estimate of drug-likeness (QED) is 0.770. The standard InChI is InChI=1S/C14H18F3NOS/c1-2-8-19-12-7-6-11(14(15,16)17)9-10(12)4-3-5-13(18)20/h6-7,9H,2-5,8H2,1H3,(H2,18,20). The number of hydrogen-bond acceptors (Lipinski definition) is 2. The summed E-state index contributed by atoms with van der Waals surface area (Å²) in [5.74, 6) is 0.503. The molecule has 1 aromatic carbocycles. The Balaban J connectivity index is 2.90. The second-order valence-corrected chi connectivity index (χ2v) is 5.01. The van der Waals surface area contributed by atoms with E-state index in [4.69, 9.17) is 22.7 Å². The number of thiocarbonyl (C=S) groups is 1. The summed E-state index contributed by atoms with van der Waals surface area (Å²) in [7, 11) is 0. The van der Waals surface area contributed by atoms with Crippen LogP contribution >= 0.6 is 12.2 Å². The van der Waals surface area contributed by atoms with Crippen LogP contribution in [0.4, 0.5) is 13.2 Å². The van der Waals surface area contributed by atoms with Gasteiger partial charge in [-0.3, -0.25) is 0 Å². The van der Waals surface area contributed by atoms with Crippen molar-refractivity contribution in [2.75, 3.05) is 6.61 Å². The number of halogens is 3. The Morgan fingerprint density at radius 3 is 2.60 bits per heavy atom. The molecule has 0 spiro atoms. The van der Waals surface area contributed by atoms with E-state index >= 15 is 0 Å². The highest BCUT2D eigenvalue weighted by Gasteiger charge is 2.31. The molecule has 2 nitrogen and oxygen atoms in total. The third kappa shape index (κ3) is 5.36. The van der Waals surface area contributed by atoms with Crippen molar-refractivity contribution in [2.24, 2.45) is 5.73 Å². The molecule has 0 saturated heterocycles. The number of ether oxygens (including phenoxy) is 1. The van der Waals surface area contributed by atoms with Crippen molar-refractivity contribution in [2.45, 2.75) is 38.8 Å². The molecule has 2 N–H and O–H groups in total. The molecule has 0 amide bonds. The van der Waals surface area contributed by atoms with E-state index in [1.807, 2.05) is 6.92 Å². The molecule has 6 heteroatoms. The summed E-state index contributed by atoms with van der Waals surface area (Å²) in [6.45, 7) is 2.42. The molecule has 112 valence electrons. The highest BCUT2D eigenvalue weighted by atomic mass is 32.1. The van der Waals surface area contributed by atoms with Gasteiger partial charge in [-0.05, 0) is 49.4 Å². The van der Waals surface area contributed by atoms with Crippen LogP contribution in [0.25, 0.3) is 0 Å². The molecule has 1 aromatic rings. The van der Waals surface area contributed by atoms with Crippen LogP contribution in [0.3, 0.4) is 0 Å². The van der Waals surface area contributed by atoms with Crippen molar-refractivity contribution in [3.05, 3.63) is 29.3 Å². The fraction of sp³-hybridized carbons (Fsp3) is 0.500. The minimum atomic E-state index is -4.35. The fourth-order valence-corrected chi connectivity index (χ4v) is 1.90. The van der Waals surface area contributed by atoms with Crippen LogP contribution in [0.5, 0.6) is 5.75 Å². The van der Waals surface area contributed by atoms with E-state index < -0.39 is 11.7 Å². The average molecular weight is 305 g/mol. The number of alkyl halides is 3. The van der Waals surface area contributed by atoms with Crippen LogP contribution < -0.4 is 10.5 Å². The van der Waals surface area contributed by atoms with Gasteiger partial charge in [0.15, 0.2) is 0 Å². The van der Waals surface area contributed by atoms with Gasteiger partial charge >= 0.3 is 6.18 Å². The molecule has 0 aliphatic heterocycles. The number of rotatable bonds is 7. The SMILES string of the molecule is CCCOc1ccc(C(F)(F)F)cc1CCCC(N)=S. The zero-order chi connectivity index (χ0) is 15.2. The van der Waals surface area contributed by atoms with Crippen molar-refractivity contribution in [1.82, 2.24) is 0 Å². The fourth-order valence-electron chi connectivity index (χ4n) is 1.76. The van der Waals surface area contributed by atoms with Gasteiger partial charge in [-0.1, -0.05) is 19.1 Å². The first kappa shape index (κ1) is 16.8. The van der Waals surface area contributed by atoms with E-state index in [2.05, 4.69) is 0 Å². The summed E-state index contributed by atoms with van der Waals surface area (Å²) in [6, 6.07) is 3.57. The van der Waals surface area contributed by atoms with Gasteiger partial charge in [0.05, 0.1) is 17.2 Å². The Bertz CT molecular complexity index is 460. The number of hydrogen-bond donors (Lipinski definition) is 1. The Morgan fingerprint density at radius 1 is 1.35 bits per heavy atom. The molecule has 0 radical (unpaired) electrons. The van der Waals surface area contributed by atoms with E-state index in [9.17, 15) is 13.2 Å². The van der Waals surface area contributed by atoms with Crippen LogP contribution in [0.2, 0.25) is 0 Å². The van der Waals surface area contributed by atoms with Crippen LogP contribution in [0.1, 0.15) is 37.3 Å². The molecule has 0 heterocycles. The lowest BCUT2D eigenvalue weighted by Crippen LogP contribution is -2.09. The number of aryl methyl sites for hydroxylation is 1. The molecular formula is C14H18F3NOS. The molecule has 0 atom stereocenters.